The molecule has 5 nitrogen and oxygen atoms in total. The number of nitrogens with one attached hydrogen (secondary N) is 1. The van der Waals surface area contributed by atoms with Gasteiger partial charge in [-0.15, -0.1) is 0 Å². The van der Waals surface area contributed by atoms with Gasteiger partial charge in [-0.2, -0.15) is 0 Å². The molecule has 0 aromatic heterocycles. The van der Waals surface area contributed by atoms with Crippen molar-refractivity contribution in [3.8, 4) is 5.75 Å². The second-order valence-electron chi connectivity index (χ2n) is 6.01. The average Bonchev–Trinajstić information content (AvgIpc) is 3.07. The molecule has 0 radical (unpaired) electrons. The molecule has 1 atom stereocenters. The molecule has 1 unspecified atom stereocenters. The fourth-order valence-electron chi connectivity index (χ4n) is 2.73. The number of nitrogens with zero attached hydrogens (tertiary/aromatic N) is 2. The molecule has 0 aliphatic carbocycles. The van der Waals surface area contributed by atoms with Gasteiger partial charge in [0.2, 0.25) is 0 Å². The van der Waals surface area contributed by atoms with Crippen molar-refractivity contribution >= 4 is 5.96 Å². The normalized spacial score (nSPS) is 18.0. The van der Waals surface area contributed by atoms with Gasteiger partial charge in [-0.3, -0.25) is 4.99 Å². The number of hydrogen-bond acceptors (Lipinski definition) is 3. The molecule has 1 heterocycles. The van der Waals surface area contributed by atoms with Crippen molar-refractivity contribution in [3.63, 3.8) is 0 Å². The van der Waals surface area contributed by atoms with Gasteiger partial charge in [-0.05, 0) is 30.5 Å². The third-order valence-corrected chi connectivity index (χ3v) is 3.95. The lowest BCUT2D eigenvalue weighted by atomic mass is 10.1. The lowest BCUT2D eigenvalue weighted by Crippen LogP contribution is -2.41. The van der Waals surface area contributed by atoms with Gasteiger partial charge in [-0.1, -0.05) is 19.1 Å². The van der Waals surface area contributed by atoms with Crippen molar-refractivity contribution in [3.05, 3.63) is 29.8 Å². The predicted octanol–water partition coefficient (Wildman–Crippen LogP) is 2.52. The van der Waals surface area contributed by atoms with Gasteiger partial charge in [0, 0.05) is 39.7 Å². The minimum absolute atomic E-state index is 0.601. The molecule has 5 heteroatoms. The number of benzene rings is 1. The third-order valence-electron chi connectivity index (χ3n) is 3.95. The van der Waals surface area contributed by atoms with Crippen LogP contribution in [0.3, 0.4) is 0 Å². The summed E-state index contributed by atoms with van der Waals surface area (Å²) in [5.74, 6) is 2.44. The van der Waals surface area contributed by atoms with Crippen LogP contribution in [0.4, 0.5) is 0 Å². The maximum absolute atomic E-state index is 5.68. The molecule has 1 aliphatic rings. The van der Waals surface area contributed by atoms with Gasteiger partial charge >= 0.3 is 0 Å². The molecule has 1 N–H and O–H groups in total. The Labute approximate surface area is 139 Å². The van der Waals surface area contributed by atoms with Crippen LogP contribution in [-0.2, 0) is 11.3 Å². The Kier molecular flexibility index (Phi) is 7.20. The molecular weight excluding hydrogens is 290 g/mol. The van der Waals surface area contributed by atoms with Crippen molar-refractivity contribution < 1.29 is 9.47 Å². The van der Waals surface area contributed by atoms with Crippen LogP contribution in [-0.4, -0.2) is 51.3 Å². The molecule has 2 rings (SSSR count). The van der Waals surface area contributed by atoms with E-state index in [0.29, 0.717) is 5.92 Å². The minimum Gasteiger partial charge on any atom is -0.494 e. The molecule has 128 valence electrons. The van der Waals surface area contributed by atoms with Crippen LogP contribution >= 0.6 is 0 Å². The molecule has 1 aliphatic heterocycles. The SMILES string of the molecule is CCCOc1cccc(CNC(=NC)N(C)CC2CCOC2)c1. The van der Waals surface area contributed by atoms with E-state index in [-0.39, 0.29) is 0 Å². The van der Waals surface area contributed by atoms with Crippen LogP contribution in [0.5, 0.6) is 5.75 Å². The summed E-state index contributed by atoms with van der Waals surface area (Å²) in [7, 11) is 3.90. The molecular formula is C18H29N3O2. The molecule has 0 saturated carbocycles. The minimum atomic E-state index is 0.601. The summed E-state index contributed by atoms with van der Waals surface area (Å²) in [4.78, 5) is 6.55. The second-order valence-corrected chi connectivity index (χ2v) is 6.01. The van der Waals surface area contributed by atoms with E-state index < -0.39 is 0 Å². The highest BCUT2D eigenvalue weighted by Crippen LogP contribution is 2.15. The first-order valence-electron chi connectivity index (χ1n) is 8.44. The Hall–Kier alpha value is -1.75. The van der Waals surface area contributed by atoms with Crippen molar-refractivity contribution in [2.24, 2.45) is 10.9 Å². The monoisotopic (exact) mass is 319 g/mol. The van der Waals surface area contributed by atoms with E-state index in [2.05, 4.69) is 41.3 Å². The van der Waals surface area contributed by atoms with Gasteiger partial charge < -0.3 is 19.7 Å². The van der Waals surface area contributed by atoms with Crippen LogP contribution in [0.1, 0.15) is 25.3 Å². The first-order chi connectivity index (χ1) is 11.2. The number of guanidine groups is 1. The first kappa shape index (κ1) is 17.6. The maximum Gasteiger partial charge on any atom is 0.193 e. The number of rotatable bonds is 7. The molecule has 0 amide bonds. The first-order valence-corrected chi connectivity index (χ1v) is 8.44. The molecule has 1 aromatic rings. The third kappa shape index (κ3) is 5.75. The molecule has 1 saturated heterocycles. The standard InChI is InChI=1S/C18H29N3O2/c1-4-9-23-17-7-5-6-15(11-17)12-20-18(19-2)21(3)13-16-8-10-22-14-16/h5-7,11,16H,4,8-10,12-14H2,1-3H3,(H,19,20). The molecule has 1 fully saturated rings. The van der Waals surface area contributed by atoms with Gasteiger partial charge in [0.25, 0.3) is 0 Å². The van der Waals surface area contributed by atoms with E-state index in [9.17, 15) is 0 Å². The smallest absolute Gasteiger partial charge is 0.193 e. The fourth-order valence-corrected chi connectivity index (χ4v) is 2.73. The summed E-state index contributed by atoms with van der Waals surface area (Å²) in [6.07, 6.45) is 2.16. The summed E-state index contributed by atoms with van der Waals surface area (Å²) in [5, 5.41) is 3.42. The van der Waals surface area contributed by atoms with E-state index in [1.807, 2.05) is 19.2 Å². The zero-order valence-electron chi connectivity index (χ0n) is 14.5. The highest BCUT2D eigenvalue weighted by Gasteiger charge is 2.18. The number of ether oxygens (including phenoxy) is 2. The van der Waals surface area contributed by atoms with Crippen LogP contribution < -0.4 is 10.1 Å². The van der Waals surface area contributed by atoms with E-state index >= 15 is 0 Å². The van der Waals surface area contributed by atoms with E-state index in [0.717, 1.165) is 57.5 Å². The van der Waals surface area contributed by atoms with E-state index in [1.165, 1.54) is 5.56 Å². The van der Waals surface area contributed by atoms with E-state index in [1.54, 1.807) is 0 Å². The summed E-state index contributed by atoms with van der Waals surface area (Å²) in [6.45, 7) is 6.32. The highest BCUT2D eigenvalue weighted by atomic mass is 16.5. The Balaban J connectivity index is 1.84. The predicted molar refractivity (Wildman–Crippen MR) is 94.0 cm³/mol. The summed E-state index contributed by atoms with van der Waals surface area (Å²) < 4.78 is 11.1. The summed E-state index contributed by atoms with van der Waals surface area (Å²) >= 11 is 0. The van der Waals surface area contributed by atoms with Crippen LogP contribution in [0.2, 0.25) is 0 Å². The van der Waals surface area contributed by atoms with Crippen molar-refractivity contribution in [2.45, 2.75) is 26.3 Å². The summed E-state index contributed by atoms with van der Waals surface area (Å²) in [6, 6.07) is 8.22. The average molecular weight is 319 g/mol. The van der Waals surface area contributed by atoms with Gasteiger partial charge in [0.15, 0.2) is 5.96 Å². The molecule has 0 bridgehead atoms. The highest BCUT2D eigenvalue weighted by molar-refractivity contribution is 5.79. The molecule has 0 spiro atoms. The Morgan fingerprint density at radius 2 is 2.35 bits per heavy atom. The Morgan fingerprint density at radius 1 is 1.48 bits per heavy atom. The zero-order chi connectivity index (χ0) is 16.5. The molecule has 23 heavy (non-hydrogen) atoms. The van der Waals surface area contributed by atoms with Crippen LogP contribution in [0.15, 0.2) is 29.3 Å². The number of hydrogen-bond donors (Lipinski definition) is 1. The van der Waals surface area contributed by atoms with Crippen molar-refractivity contribution in [1.82, 2.24) is 10.2 Å². The van der Waals surface area contributed by atoms with Crippen molar-refractivity contribution in [1.29, 1.82) is 0 Å². The summed E-state index contributed by atoms with van der Waals surface area (Å²) in [5.41, 5.74) is 1.19. The zero-order valence-corrected chi connectivity index (χ0v) is 14.5. The largest absolute Gasteiger partial charge is 0.494 e. The topological polar surface area (TPSA) is 46.1 Å². The van der Waals surface area contributed by atoms with Gasteiger partial charge in [0.05, 0.1) is 13.2 Å². The molecule has 1 aromatic carbocycles. The lowest BCUT2D eigenvalue weighted by Gasteiger charge is -2.24. The van der Waals surface area contributed by atoms with Crippen LogP contribution in [0, 0.1) is 5.92 Å². The Morgan fingerprint density at radius 3 is 3.04 bits per heavy atom. The number of aliphatic imine (C=N–C) groups is 1. The van der Waals surface area contributed by atoms with Crippen LogP contribution in [0.25, 0.3) is 0 Å². The lowest BCUT2D eigenvalue weighted by molar-refractivity contribution is 0.181. The van der Waals surface area contributed by atoms with Crippen molar-refractivity contribution in [2.75, 3.05) is 40.5 Å². The van der Waals surface area contributed by atoms with Gasteiger partial charge in [0.1, 0.15) is 5.75 Å². The van der Waals surface area contributed by atoms with Gasteiger partial charge in [-0.25, -0.2) is 0 Å². The Bertz CT molecular complexity index is 499. The van der Waals surface area contributed by atoms with E-state index in [4.69, 9.17) is 9.47 Å². The second kappa shape index (κ2) is 9.40. The fraction of sp³-hybridized carbons (Fsp3) is 0.611. The quantitative estimate of drug-likeness (QED) is 0.620. The maximum atomic E-state index is 5.68.